The number of ether oxygens (including phenoxy) is 1. The number of carboxylic acids is 1. The molecule has 0 unspecified atom stereocenters. The van der Waals surface area contributed by atoms with E-state index in [9.17, 15) is 9.90 Å². The number of hydrogen-bond acceptors (Lipinski definition) is 2. The quantitative estimate of drug-likeness (QED) is 0.460. The lowest BCUT2D eigenvalue weighted by Crippen LogP contribution is -1.98. The number of aliphatic carboxylic acids is 1. The minimum Gasteiger partial charge on any atom is -0.481 e. The largest absolute Gasteiger partial charge is 0.481 e. The van der Waals surface area contributed by atoms with Crippen molar-refractivity contribution in [2.24, 2.45) is 0 Å². The van der Waals surface area contributed by atoms with Crippen LogP contribution in [0.25, 0.3) is 17.2 Å². The Labute approximate surface area is 183 Å². The van der Waals surface area contributed by atoms with Gasteiger partial charge in [-0.15, -0.1) is 0 Å². The third kappa shape index (κ3) is 4.46. The molecule has 0 saturated carbocycles. The van der Waals surface area contributed by atoms with Crippen molar-refractivity contribution in [2.45, 2.75) is 33.1 Å². The first kappa shape index (κ1) is 20.7. The molecule has 1 aliphatic carbocycles. The molecule has 4 rings (SSSR count). The number of carbonyl (C=O) groups is 1. The lowest BCUT2D eigenvalue weighted by atomic mass is 9.94. The van der Waals surface area contributed by atoms with Crippen LogP contribution in [0.3, 0.4) is 0 Å². The maximum absolute atomic E-state index is 11.5. The van der Waals surface area contributed by atoms with E-state index in [1.54, 1.807) is 0 Å². The zero-order chi connectivity index (χ0) is 22.0. The minimum absolute atomic E-state index is 0.0227. The lowest BCUT2D eigenvalue weighted by molar-refractivity contribution is -0.135. The van der Waals surface area contributed by atoms with Crippen LogP contribution in [-0.4, -0.2) is 11.1 Å². The molecule has 0 atom stereocenters. The van der Waals surface area contributed by atoms with Crippen molar-refractivity contribution >= 4 is 23.2 Å². The summed E-state index contributed by atoms with van der Waals surface area (Å²) >= 11 is 0. The normalized spacial score (nSPS) is 14.3. The molecular formula is C28H26O3. The number of rotatable bonds is 6. The number of benzene rings is 3. The van der Waals surface area contributed by atoms with Crippen molar-refractivity contribution in [1.29, 1.82) is 0 Å². The first-order chi connectivity index (χ1) is 14.9. The van der Waals surface area contributed by atoms with Crippen molar-refractivity contribution in [2.75, 3.05) is 0 Å². The lowest BCUT2D eigenvalue weighted by Gasteiger charge is -2.11. The molecular weight excluding hydrogens is 384 g/mol. The Balaban J connectivity index is 1.75. The summed E-state index contributed by atoms with van der Waals surface area (Å²) in [7, 11) is 0. The smallest absolute Gasteiger partial charge is 0.307 e. The van der Waals surface area contributed by atoms with Crippen LogP contribution in [0.5, 0.6) is 11.5 Å². The second kappa shape index (κ2) is 8.65. The molecule has 0 heterocycles. The van der Waals surface area contributed by atoms with Gasteiger partial charge < -0.3 is 9.84 Å². The van der Waals surface area contributed by atoms with Gasteiger partial charge in [-0.25, -0.2) is 0 Å². The topological polar surface area (TPSA) is 46.5 Å². The fourth-order valence-electron chi connectivity index (χ4n) is 4.00. The maximum atomic E-state index is 11.5. The number of fused-ring (bicyclic) bond motifs is 1. The molecule has 0 spiro atoms. The van der Waals surface area contributed by atoms with Crippen LogP contribution in [0.2, 0.25) is 0 Å². The van der Waals surface area contributed by atoms with E-state index in [1.165, 1.54) is 5.56 Å². The van der Waals surface area contributed by atoms with Gasteiger partial charge in [0.15, 0.2) is 0 Å². The third-order valence-electron chi connectivity index (χ3n) is 5.66. The summed E-state index contributed by atoms with van der Waals surface area (Å²) in [6.45, 7) is 6.32. The molecule has 0 aromatic heterocycles. The van der Waals surface area contributed by atoms with E-state index in [-0.39, 0.29) is 6.42 Å². The van der Waals surface area contributed by atoms with Crippen LogP contribution in [-0.2, 0) is 4.79 Å². The molecule has 0 saturated heterocycles. The fraction of sp³-hybridized carbons (Fsp3) is 0.179. The Morgan fingerprint density at radius 2 is 1.68 bits per heavy atom. The van der Waals surface area contributed by atoms with Gasteiger partial charge in [-0.2, -0.15) is 0 Å². The Bertz CT molecular complexity index is 1180. The first-order valence-corrected chi connectivity index (χ1v) is 10.5. The molecule has 0 fully saturated rings. The Morgan fingerprint density at radius 1 is 0.935 bits per heavy atom. The van der Waals surface area contributed by atoms with E-state index >= 15 is 0 Å². The van der Waals surface area contributed by atoms with Crippen molar-refractivity contribution in [3.05, 3.63) is 101 Å². The van der Waals surface area contributed by atoms with Crippen LogP contribution >= 0.6 is 0 Å². The highest BCUT2D eigenvalue weighted by atomic mass is 16.5. The maximum Gasteiger partial charge on any atom is 0.307 e. The van der Waals surface area contributed by atoms with Crippen molar-refractivity contribution in [3.8, 4) is 11.5 Å². The van der Waals surface area contributed by atoms with Gasteiger partial charge in [0, 0.05) is 0 Å². The van der Waals surface area contributed by atoms with Gasteiger partial charge in [-0.3, -0.25) is 4.79 Å². The van der Waals surface area contributed by atoms with Crippen LogP contribution in [0.15, 0.2) is 78.4 Å². The first-order valence-electron chi connectivity index (χ1n) is 10.5. The molecule has 3 aromatic rings. The molecule has 3 heteroatoms. The molecule has 3 nitrogen and oxygen atoms in total. The highest BCUT2D eigenvalue weighted by Crippen LogP contribution is 2.44. The molecule has 1 N–H and O–H groups in total. The van der Waals surface area contributed by atoms with Crippen LogP contribution < -0.4 is 4.74 Å². The van der Waals surface area contributed by atoms with Gasteiger partial charge in [0.05, 0.1) is 6.42 Å². The summed E-state index contributed by atoms with van der Waals surface area (Å²) in [5.74, 6) is 1.13. The average Bonchev–Trinajstić information content (AvgIpc) is 2.99. The number of para-hydroxylation sites is 1. The Kier molecular flexibility index (Phi) is 5.77. The Hall–Kier alpha value is -3.59. The van der Waals surface area contributed by atoms with Crippen molar-refractivity contribution < 1.29 is 14.6 Å². The summed E-state index contributed by atoms with van der Waals surface area (Å²) in [5, 5.41) is 9.48. The highest BCUT2D eigenvalue weighted by molar-refractivity contribution is 6.07. The van der Waals surface area contributed by atoms with Crippen molar-refractivity contribution in [1.82, 2.24) is 0 Å². The van der Waals surface area contributed by atoms with Gasteiger partial charge in [0.2, 0.25) is 0 Å². The van der Waals surface area contributed by atoms with Gasteiger partial charge in [0.1, 0.15) is 11.5 Å². The van der Waals surface area contributed by atoms with E-state index in [2.05, 4.69) is 38.1 Å². The summed E-state index contributed by atoms with van der Waals surface area (Å²) in [5.41, 5.74) is 7.34. The standard InChI is InChI=1S/C28H26O3/c1-18(2)21-12-13-24-25(19(3)26(17-28(29)30)27(24)16-21)15-20-8-7-11-23(14-20)31-22-9-5-4-6-10-22/h4-16,18H,17H2,1-3H3,(H,29,30)/b25-15+. The SMILES string of the molecule is CC1=C(CC(=O)O)c2cc(C(C)C)ccc2/C1=C/c1cccc(Oc2ccccc2)c1. The van der Waals surface area contributed by atoms with Crippen molar-refractivity contribution in [3.63, 3.8) is 0 Å². The van der Waals surface area contributed by atoms with E-state index in [1.807, 2.05) is 61.5 Å². The van der Waals surface area contributed by atoms with Crippen LogP contribution in [0.1, 0.15) is 55.4 Å². The molecule has 3 aromatic carbocycles. The summed E-state index contributed by atoms with van der Waals surface area (Å²) in [6, 6.07) is 24.1. The Morgan fingerprint density at radius 3 is 2.39 bits per heavy atom. The number of carboxylic acid groups (broad SMARTS) is 1. The van der Waals surface area contributed by atoms with E-state index in [0.29, 0.717) is 5.92 Å². The average molecular weight is 411 g/mol. The van der Waals surface area contributed by atoms with Crippen LogP contribution in [0.4, 0.5) is 0 Å². The fourth-order valence-corrected chi connectivity index (χ4v) is 4.00. The second-order valence-corrected chi connectivity index (χ2v) is 8.18. The molecule has 1 aliphatic rings. The van der Waals surface area contributed by atoms with Crippen LogP contribution in [0, 0.1) is 0 Å². The number of hydrogen-bond donors (Lipinski definition) is 1. The van der Waals surface area contributed by atoms with E-state index < -0.39 is 5.97 Å². The molecule has 0 radical (unpaired) electrons. The van der Waals surface area contributed by atoms with Gasteiger partial charge in [-0.1, -0.05) is 62.4 Å². The molecule has 31 heavy (non-hydrogen) atoms. The zero-order valence-electron chi connectivity index (χ0n) is 18.1. The second-order valence-electron chi connectivity index (χ2n) is 8.18. The van der Waals surface area contributed by atoms with Gasteiger partial charge in [-0.05, 0) is 82.2 Å². The molecule has 0 bridgehead atoms. The predicted octanol–water partition coefficient (Wildman–Crippen LogP) is 7.40. The third-order valence-corrected chi connectivity index (χ3v) is 5.66. The minimum atomic E-state index is -0.810. The van der Waals surface area contributed by atoms with Gasteiger partial charge in [0.25, 0.3) is 0 Å². The van der Waals surface area contributed by atoms with E-state index in [0.717, 1.165) is 44.9 Å². The summed E-state index contributed by atoms with van der Waals surface area (Å²) in [6.07, 6.45) is 2.14. The summed E-state index contributed by atoms with van der Waals surface area (Å²) in [4.78, 5) is 11.5. The monoisotopic (exact) mass is 410 g/mol. The summed E-state index contributed by atoms with van der Waals surface area (Å²) < 4.78 is 5.98. The number of allylic oxidation sites excluding steroid dienone is 2. The molecule has 156 valence electrons. The van der Waals surface area contributed by atoms with E-state index in [4.69, 9.17) is 4.74 Å². The molecule has 0 aliphatic heterocycles. The highest BCUT2D eigenvalue weighted by Gasteiger charge is 2.25. The zero-order valence-corrected chi connectivity index (χ0v) is 18.1. The molecule has 0 amide bonds. The van der Waals surface area contributed by atoms with Gasteiger partial charge >= 0.3 is 5.97 Å². The predicted molar refractivity (Wildman–Crippen MR) is 126 cm³/mol.